The van der Waals surface area contributed by atoms with E-state index in [1.54, 1.807) is 0 Å². The molecule has 120 valence electrons. The lowest BCUT2D eigenvalue weighted by Crippen LogP contribution is -2.26. The van der Waals surface area contributed by atoms with E-state index in [2.05, 4.69) is 0 Å². The molecule has 2 aromatic carbocycles. The van der Waals surface area contributed by atoms with Crippen molar-refractivity contribution < 1.29 is 18.9 Å². The number of carboxylic acid groups (broad SMARTS) is 1. The highest BCUT2D eigenvalue weighted by atomic mass is 32.2. The molecule has 1 atom stereocenters. The Morgan fingerprint density at radius 2 is 1.70 bits per heavy atom. The lowest BCUT2D eigenvalue weighted by atomic mass is 9.99. The van der Waals surface area contributed by atoms with Crippen molar-refractivity contribution in [2.24, 2.45) is 5.92 Å². The fourth-order valence-electron chi connectivity index (χ4n) is 2.02. The molecule has 0 heterocycles. The Kier molecular flexibility index (Phi) is 6.23. The predicted molar refractivity (Wildman–Crippen MR) is 89.8 cm³/mol. The summed E-state index contributed by atoms with van der Waals surface area (Å²) >= 11 is 0.960. The highest BCUT2D eigenvalue weighted by Crippen LogP contribution is 2.18. The quantitative estimate of drug-likeness (QED) is 0.620. The van der Waals surface area contributed by atoms with E-state index in [0.717, 1.165) is 28.7 Å². The topological polar surface area (TPSA) is 63.6 Å². The number of carboxylic acids is 1. The van der Waals surface area contributed by atoms with Gasteiger partial charge in [0.05, 0.1) is 17.8 Å². The molecule has 1 unspecified atom stereocenters. The van der Waals surface area contributed by atoms with E-state index in [1.165, 1.54) is 0 Å². The smallest absolute Gasteiger partial charge is 0.332 e. The van der Waals surface area contributed by atoms with Crippen LogP contribution in [0.1, 0.15) is 16.7 Å². The Balaban J connectivity index is 1.90. The van der Waals surface area contributed by atoms with Gasteiger partial charge in [0.1, 0.15) is 0 Å². The van der Waals surface area contributed by atoms with Gasteiger partial charge in [-0.2, -0.15) is 0 Å². The number of hydrogen-bond donors (Lipinski definition) is 1. The molecule has 0 amide bonds. The van der Waals surface area contributed by atoms with Gasteiger partial charge in [0.25, 0.3) is 0 Å². The van der Waals surface area contributed by atoms with Crippen molar-refractivity contribution in [3.8, 4) is 0 Å². The Hall–Kier alpha value is -2.27. The van der Waals surface area contributed by atoms with Crippen molar-refractivity contribution in [2.45, 2.75) is 19.1 Å². The maximum atomic E-state index is 12.0. The first-order valence-corrected chi connectivity index (χ1v) is 8.13. The van der Waals surface area contributed by atoms with Gasteiger partial charge in [-0.1, -0.05) is 60.2 Å². The van der Waals surface area contributed by atoms with Gasteiger partial charge in [0.2, 0.25) is 0 Å². The third kappa shape index (κ3) is 5.45. The van der Waals surface area contributed by atoms with Gasteiger partial charge in [-0.3, -0.25) is 9.59 Å². The van der Waals surface area contributed by atoms with Crippen molar-refractivity contribution in [2.75, 3.05) is 0 Å². The second-order valence-corrected chi connectivity index (χ2v) is 5.92. The summed E-state index contributed by atoms with van der Waals surface area (Å²) < 4.78 is 5.06. The normalized spacial score (nSPS) is 11.7. The van der Waals surface area contributed by atoms with Gasteiger partial charge in [-0.05, 0) is 24.5 Å². The molecule has 0 bridgehead atoms. The van der Waals surface area contributed by atoms with Crippen LogP contribution in [0.3, 0.4) is 0 Å². The zero-order chi connectivity index (χ0) is 16.7. The van der Waals surface area contributed by atoms with Crippen molar-refractivity contribution in [3.63, 3.8) is 0 Å². The molecule has 0 saturated carbocycles. The van der Waals surface area contributed by atoms with E-state index >= 15 is 0 Å². The largest absolute Gasteiger partial charge is 0.481 e. The fraction of sp³-hybridized carbons (Fsp3) is 0.222. The third-order valence-corrected chi connectivity index (χ3v) is 4.09. The zero-order valence-electron chi connectivity index (χ0n) is 12.8. The van der Waals surface area contributed by atoms with Gasteiger partial charge >= 0.3 is 11.9 Å². The zero-order valence-corrected chi connectivity index (χ0v) is 13.6. The van der Waals surface area contributed by atoms with Gasteiger partial charge in [0, 0.05) is 0 Å². The standard InChI is InChI=1S/C18H18O4S/c1-13-7-9-14(10-8-13)11-16(17(19)20)18(21)22-23-12-15-5-3-2-4-6-15/h2-10,16H,11-12H2,1H3,(H,19,20). The van der Waals surface area contributed by atoms with Gasteiger partial charge < -0.3 is 9.29 Å². The van der Waals surface area contributed by atoms with E-state index in [1.807, 2.05) is 61.5 Å². The SMILES string of the molecule is Cc1ccc(CC(C(=O)O)C(=O)OSCc2ccccc2)cc1. The molecule has 4 nitrogen and oxygen atoms in total. The molecule has 0 saturated heterocycles. The van der Waals surface area contributed by atoms with E-state index in [-0.39, 0.29) is 6.42 Å². The summed E-state index contributed by atoms with van der Waals surface area (Å²) in [5.74, 6) is -2.60. The van der Waals surface area contributed by atoms with Crippen LogP contribution in [-0.4, -0.2) is 17.0 Å². The average molecular weight is 330 g/mol. The molecule has 0 radical (unpaired) electrons. The number of carbonyl (C=O) groups excluding carboxylic acids is 1. The highest BCUT2D eigenvalue weighted by Gasteiger charge is 2.28. The van der Waals surface area contributed by atoms with Gasteiger partial charge in [-0.25, -0.2) is 0 Å². The number of aryl methyl sites for hydroxylation is 1. The van der Waals surface area contributed by atoms with Crippen molar-refractivity contribution in [3.05, 3.63) is 71.3 Å². The summed E-state index contributed by atoms with van der Waals surface area (Å²) in [5, 5.41) is 9.27. The monoisotopic (exact) mass is 330 g/mol. The van der Waals surface area contributed by atoms with Crippen LogP contribution >= 0.6 is 12.0 Å². The summed E-state index contributed by atoms with van der Waals surface area (Å²) in [4.78, 5) is 23.4. The van der Waals surface area contributed by atoms with Crippen LogP contribution < -0.4 is 0 Å². The second-order valence-electron chi connectivity index (χ2n) is 5.23. The van der Waals surface area contributed by atoms with Crippen LogP contribution in [0.15, 0.2) is 54.6 Å². The number of hydrogen-bond acceptors (Lipinski definition) is 4. The predicted octanol–water partition coefficient (Wildman–Crippen LogP) is 3.63. The summed E-state index contributed by atoms with van der Waals surface area (Å²) in [6.07, 6.45) is 0.125. The molecule has 0 fully saturated rings. The van der Waals surface area contributed by atoms with E-state index in [0.29, 0.717) is 5.75 Å². The molecule has 0 aromatic heterocycles. The Bertz CT molecular complexity index is 652. The molecular formula is C18H18O4S. The molecule has 0 aliphatic rings. The first-order chi connectivity index (χ1) is 11.1. The number of carbonyl (C=O) groups is 2. The molecule has 23 heavy (non-hydrogen) atoms. The van der Waals surface area contributed by atoms with Gasteiger partial charge in [-0.15, -0.1) is 0 Å². The first-order valence-electron chi connectivity index (χ1n) is 7.22. The van der Waals surface area contributed by atoms with E-state index in [4.69, 9.17) is 4.18 Å². The maximum Gasteiger partial charge on any atom is 0.332 e. The van der Waals surface area contributed by atoms with Crippen LogP contribution in [0.5, 0.6) is 0 Å². The average Bonchev–Trinajstić information content (AvgIpc) is 2.55. The minimum Gasteiger partial charge on any atom is -0.481 e. The molecular weight excluding hydrogens is 312 g/mol. The Morgan fingerprint density at radius 3 is 2.30 bits per heavy atom. The van der Waals surface area contributed by atoms with Crippen LogP contribution in [0, 0.1) is 12.8 Å². The summed E-state index contributed by atoms with van der Waals surface area (Å²) in [6, 6.07) is 17.0. The van der Waals surface area contributed by atoms with E-state index < -0.39 is 17.9 Å². The number of benzene rings is 2. The van der Waals surface area contributed by atoms with Crippen LogP contribution in [0.4, 0.5) is 0 Å². The number of rotatable bonds is 7. The van der Waals surface area contributed by atoms with Crippen LogP contribution in [0.2, 0.25) is 0 Å². The molecule has 2 aromatic rings. The van der Waals surface area contributed by atoms with Crippen molar-refractivity contribution in [1.82, 2.24) is 0 Å². The molecule has 0 spiro atoms. The minimum absolute atomic E-state index is 0.125. The Labute approximate surface area is 139 Å². The summed E-state index contributed by atoms with van der Waals surface area (Å²) in [7, 11) is 0. The summed E-state index contributed by atoms with van der Waals surface area (Å²) in [5.41, 5.74) is 2.89. The third-order valence-electron chi connectivity index (χ3n) is 3.35. The molecule has 2 rings (SSSR count). The second kappa shape index (κ2) is 8.39. The molecule has 1 N–H and O–H groups in total. The number of aliphatic carboxylic acids is 1. The minimum atomic E-state index is -1.19. The maximum absolute atomic E-state index is 12.0. The van der Waals surface area contributed by atoms with E-state index in [9.17, 15) is 14.7 Å². The van der Waals surface area contributed by atoms with Crippen molar-refractivity contribution in [1.29, 1.82) is 0 Å². The summed E-state index contributed by atoms with van der Waals surface area (Å²) in [6.45, 7) is 1.95. The van der Waals surface area contributed by atoms with Gasteiger partial charge in [0.15, 0.2) is 5.92 Å². The van der Waals surface area contributed by atoms with Crippen LogP contribution in [0.25, 0.3) is 0 Å². The Morgan fingerprint density at radius 1 is 1.04 bits per heavy atom. The highest BCUT2D eigenvalue weighted by molar-refractivity contribution is 7.94. The van der Waals surface area contributed by atoms with Crippen molar-refractivity contribution >= 4 is 24.0 Å². The molecule has 0 aliphatic heterocycles. The molecule has 5 heteroatoms. The van der Waals surface area contributed by atoms with Crippen LogP contribution in [-0.2, 0) is 25.9 Å². The fourth-order valence-corrected chi connectivity index (χ4v) is 2.64. The lowest BCUT2D eigenvalue weighted by molar-refractivity contribution is -0.152. The lowest BCUT2D eigenvalue weighted by Gasteiger charge is -2.11. The first kappa shape index (κ1) is 17.1. The molecule has 0 aliphatic carbocycles.